The Balaban J connectivity index is 2.75. The van der Waals surface area contributed by atoms with Crippen molar-refractivity contribution in [3.05, 3.63) is 27.4 Å². The summed E-state index contributed by atoms with van der Waals surface area (Å²) in [5.41, 5.74) is 0.992. The first-order chi connectivity index (χ1) is 8.76. The summed E-state index contributed by atoms with van der Waals surface area (Å²) in [4.78, 5) is 18.7. The predicted molar refractivity (Wildman–Crippen MR) is 73.6 cm³/mol. The molecule has 0 saturated carbocycles. The minimum Gasteiger partial charge on any atom is -0.310 e. The molecular weight excluding hydrogens is 268 g/mol. The van der Waals surface area contributed by atoms with Crippen LogP contribution in [0.5, 0.6) is 0 Å². The molecule has 1 atom stereocenters. The van der Waals surface area contributed by atoms with Gasteiger partial charge in [-0.05, 0) is 27.8 Å². The zero-order valence-electron chi connectivity index (χ0n) is 11.6. The van der Waals surface area contributed by atoms with Crippen molar-refractivity contribution < 1.29 is 8.42 Å². The minimum absolute atomic E-state index is 0.0376. The summed E-state index contributed by atoms with van der Waals surface area (Å²) in [5, 5.41) is 3.01. The Morgan fingerprint density at radius 2 is 2.00 bits per heavy atom. The highest BCUT2D eigenvalue weighted by molar-refractivity contribution is 7.89. The molecule has 108 valence electrons. The quantitative estimate of drug-likeness (QED) is 0.660. The molecule has 0 amide bonds. The molecule has 0 spiro atoms. The fourth-order valence-corrected chi connectivity index (χ4v) is 2.45. The van der Waals surface area contributed by atoms with E-state index in [-0.39, 0.29) is 23.9 Å². The summed E-state index contributed by atoms with van der Waals surface area (Å²) in [6.07, 6.45) is 0. The van der Waals surface area contributed by atoms with Crippen molar-refractivity contribution in [2.24, 2.45) is 0 Å². The van der Waals surface area contributed by atoms with E-state index in [1.165, 1.54) is 7.05 Å². The summed E-state index contributed by atoms with van der Waals surface area (Å²) in [6, 6.07) is -0.260. The number of hydrogen-bond donors (Lipinski definition) is 3. The summed E-state index contributed by atoms with van der Waals surface area (Å²) in [6.45, 7) is 5.55. The lowest BCUT2D eigenvalue weighted by Crippen LogP contribution is -2.33. The van der Waals surface area contributed by atoms with Crippen LogP contribution in [0, 0.1) is 13.8 Å². The fourth-order valence-electron chi connectivity index (χ4n) is 1.86. The lowest BCUT2D eigenvalue weighted by Gasteiger charge is -2.15. The number of nitrogens with one attached hydrogen (secondary N) is 3. The Kier molecular flexibility index (Phi) is 5.21. The summed E-state index contributed by atoms with van der Waals surface area (Å²) >= 11 is 0. The molecule has 1 aromatic heterocycles. The number of nitrogens with zero attached hydrogens (tertiary/aromatic N) is 1. The minimum atomic E-state index is -3.24. The Hall–Kier alpha value is -1.25. The topological polar surface area (TPSA) is 104 Å². The second kappa shape index (κ2) is 6.27. The molecule has 0 fully saturated rings. The van der Waals surface area contributed by atoms with Gasteiger partial charge < -0.3 is 10.3 Å². The molecule has 1 heterocycles. The Labute approximate surface area is 112 Å². The van der Waals surface area contributed by atoms with Gasteiger partial charge >= 0.3 is 0 Å². The van der Waals surface area contributed by atoms with E-state index < -0.39 is 10.0 Å². The first-order valence-corrected chi connectivity index (χ1v) is 7.64. The second-order valence-corrected chi connectivity index (χ2v) is 6.40. The Bertz CT molecular complexity index is 594. The van der Waals surface area contributed by atoms with E-state index in [0.29, 0.717) is 17.1 Å². The van der Waals surface area contributed by atoms with Gasteiger partial charge in [0.25, 0.3) is 5.56 Å². The maximum Gasteiger partial charge on any atom is 0.255 e. The van der Waals surface area contributed by atoms with Gasteiger partial charge in [0.05, 0.1) is 11.3 Å². The van der Waals surface area contributed by atoms with Gasteiger partial charge in [0.2, 0.25) is 10.0 Å². The SMILES string of the molecule is CNS(=O)(=O)CCNC(C)c1c(C)nc(C)[nH]c1=O. The van der Waals surface area contributed by atoms with E-state index in [4.69, 9.17) is 0 Å². The van der Waals surface area contributed by atoms with Crippen LogP contribution in [0.15, 0.2) is 4.79 Å². The van der Waals surface area contributed by atoms with Gasteiger partial charge in [-0.25, -0.2) is 18.1 Å². The third kappa shape index (κ3) is 4.41. The molecule has 1 unspecified atom stereocenters. The lowest BCUT2D eigenvalue weighted by atomic mass is 10.1. The van der Waals surface area contributed by atoms with Crippen LogP contribution in [-0.2, 0) is 10.0 Å². The molecule has 0 bridgehead atoms. The van der Waals surface area contributed by atoms with E-state index in [2.05, 4.69) is 20.0 Å². The van der Waals surface area contributed by atoms with Gasteiger partial charge in [0, 0.05) is 18.3 Å². The van der Waals surface area contributed by atoms with E-state index in [0.717, 1.165) is 0 Å². The summed E-state index contributed by atoms with van der Waals surface area (Å²) in [7, 11) is -1.87. The lowest BCUT2D eigenvalue weighted by molar-refractivity contribution is 0.561. The first-order valence-electron chi connectivity index (χ1n) is 5.99. The van der Waals surface area contributed by atoms with Gasteiger partial charge in [-0.2, -0.15) is 0 Å². The monoisotopic (exact) mass is 288 g/mol. The average Bonchev–Trinajstić information content (AvgIpc) is 2.27. The summed E-state index contributed by atoms with van der Waals surface area (Å²) < 4.78 is 24.8. The summed E-state index contributed by atoms with van der Waals surface area (Å²) in [5.74, 6) is 0.528. The van der Waals surface area contributed by atoms with E-state index in [1.807, 2.05) is 0 Å². The van der Waals surface area contributed by atoms with Crippen molar-refractivity contribution >= 4 is 10.0 Å². The molecule has 7 nitrogen and oxygen atoms in total. The van der Waals surface area contributed by atoms with Gasteiger partial charge in [-0.15, -0.1) is 0 Å². The maximum atomic E-state index is 11.9. The highest BCUT2D eigenvalue weighted by atomic mass is 32.2. The third-order valence-corrected chi connectivity index (χ3v) is 4.19. The van der Waals surface area contributed by atoms with Crippen LogP contribution in [0.25, 0.3) is 0 Å². The van der Waals surface area contributed by atoms with Crippen LogP contribution in [0.1, 0.15) is 30.0 Å². The van der Waals surface area contributed by atoms with Crippen molar-refractivity contribution in [2.75, 3.05) is 19.3 Å². The van der Waals surface area contributed by atoms with Crippen molar-refractivity contribution in [3.63, 3.8) is 0 Å². The molecule has 3 N–H and O–H groups in total. The first kappa shape index (κ1) is 15.8. The van der Waals surface area contributed by atoms with Crippen LogP contribution in [0.3, 0.4) is 0 Å². The van der Waals surface area contributed by atoms with Gasteiger partial charge in [-0.1, -0.05) is 0 Å². The molecule has 0 aliphatic rings. The zero-order valence-corrected chi connectivity index (χ0v) is 12.4. The van der Waals surface area contributed by atoms with Gasteiger partial charge in [0.1, 0.15) is 5.82 Å². The molecule has 0 saturated heterocycles. The molecule has 8 heteroatoms. The molecule has 1 rings (SSSR count). The van der Waals surface area contributed by atoms with Crippen LogP contribution in [0.2, 0.25) is 0 Å². The molecule has 1 aromatic rings. The third-order valence-electron chi connectivity index (χ3n) is 2.83. The largest absolute Gasteiger partial charge is 0.310 e. The van der Waals surface area contributed by atoms with Crippen molar-refractivity contribution in [2.45, 2.75) is 26.8 Å². The molecule has 0 aromatic carbocycles. The zero-order chi connectivity index (χ0) is 14.6. The molecule has 0 aliphatic heterocycles. The number of rotatable bonds is 6. The molecule has 0 radical (unpaired) electrons. The molecular formula is C11H20N4O3S. The molecule has 0 aliphatic carbocycles. The second-order valence-electron chi connectivity index (χ2n) is 4.35. The number of sulfonamides is 1. The van der Waals surface area contributed by atoms with E-state index in [9.17, 15) is 13.2 Å². The normalized spacial score (nSPS) is 13.5. The van der Waals surface area contributed by atoms with Crippen molar-refractivity contribution in [3.8, 4) is 0 Å². The highest BCUT2D eigenvalue weighted by Gasteiger charge is 2.15. The van der Waals surface area contributed by atoms with E-state index >= 15 is 0 Å². The van der Waals surface area contributed by atoms with Crippen LogP contribution in [0.4, 0.5) is 0 Å². The number of H-pyrrole nitrogens is 1. The Morgan fingerprint density at radius 3 is 2.53 bits per heavy atom. The average molecular weight is 288 g/mol. The van der Waals surface area contributed by atoms with Crippen LogP contribution < -0.4 is 15.6 Å². The molecule has 19 heavy (non-hydrogen) atoms. The number of aryl methyl sites for hydroxylation is 2. The van der Waals surface area contributed by atoms with Crippen molar-refractivity contribution in [1.29, 1.82) is 0 Å². The fraction of sp³-hybridized carbons (Fsp3) is 0.636. The predicted octanol–water partition coefficient (Wildman–Crippen LogP) is -0.413. The van der Waals surface area contributed by atoms with E-state index in [1.54, 1.807) is 20.8 Å². The number of aromatic nitrogens is 2. The van der Waals surface area contributed by atoms with Gasteiger partial charge in [-0.3, -0.25) is 4.79 Å². The van der Waals surface area contributed by atoms with Crippen molar-refractivity contribution in [1.82, 2.24) is 20.0 Å². The Morgan fingerprint density at radius 1 is 1.37 bits per heavy atom. The smallest absolute Gasteiger partial charge is 0.255 e. The maximum absolute atomic E-state index is 11.9. The number of hydrogen-bond acceptors (Lipinski definition) is 5. The van der Waals surface area contributed by atoms with Crippen LogP contribution >= 0.6 is 0 Å². The van der Waals surface area contributed by atoms with Gasteiger partial charge in [0.15, 0.2) is 0 Å². The standard InChI is InChI=1S/C11H20N4O3S/c1-7(13-5-6-19(17,18)12-4)10-8(2)14-9(3)15-11(10)16/h7,12-13H,5-6H2,1-4H3,(H,14,15,16). The highest BCUT2D eigenvalue weighted by Crippen LogP contribution is 2.10. The van der Waals surface area contributed by atoms with Crippen LogP contribution in [-0.4, -0.2) is 37.7 Å². The number of aromatic amines is 1.